The zero-order valence-corrected chi connectivity index (χ0v) is 15.2. The number of hydrogen-bond acceptors (Lipinski definition) is 7. The lowest BCUT2D eigenvalue weighted by atomic mass is 10.1. The summed E-state index contributed by atoms with van der Waals surface area (Å²) in [6.45, 7) is 1.93. The number of hydrogen-bond donors (Lipinski definition) is 5. The Kier molecular flexibility index (Phi) is 11.0. The Hall–Kier alpha value is -1.54. The van der Waals surface area contributed by atoms with Gasteiger partial charge in [-0.2, -0.15) is 0 Å². The van der Waals surface area contributed by atoms with Crippen LogP contribution in [0, 0.1) is 0 Å². The molecule has 0 saturated heterocycles. The van der Waals surface area contributed by atoms with E-state index in [1.807, 2.05) is 6.07 Å². The minimum atomic E-state index is -0.526. The van der Waals surface area contributed by atoms with Crippen molar-refractivity contribution in [3.63, 3.8) is 0 Å². The Balaban J connectivity index is 2.50. The zero-order chi connectivity index (χ0) is 18.5. The molecule has 144 valence electrons. The number of benzene rings is 1. The zero-order valence-electron chi connectivity index (χ0n) is 15.2. The third-order valence-corrected chi connectivity index (χ3v) is 3.86. The van der Waals surface area contributed by atoms with Gasteiger partial charge in [-0.15, -0.1) is 0 Å². The van der Waals surface area contributed by atoms with Gasteiger partial charge >= 0.3 is 0 Å². The molecule has 0 aliphatic heterocycles. The number of phenols is 1. The number of nitrogens with one attached hydrogen (secondary N) is 2. The number of aromatic hydroxyl groups is 1. The van der Waals surface area contributed by atoms with E-state index in [1.54, 1.807) is 26.4 Å². The molecule has 0 bridgehead atoms. The predicted molar refractivity (Wildman–Crippen MR) is 99.3 cm³/mol. The monoisotopic (exact) mass is 356 g/mol. The van der Waals surface area contributed by atoms with Crippen molar-refractivity contribution < 1.29 is 24.8 Å². The first-order valence-corrected chi connectivity index (χ1v) is 8.72. The number of anilines is 2. The van der Waals surface area contributed by atoms with Gasteiger partial charge in [0.05, 0.1) is 17.9 Å². The van der Waals surface area contributed by atoms with Crippen molar-refractivity contribution in [3.05, 3.63) is 18.2 Å². The molecule has 7 nitrogen and oxygen atoms in total. The van der Waals surface area contributed by atoms with Crippen molar-refractivity contribution in [2.75, 3.05) is 51.2 Å². The van der Waals surface area contributed by atoms with Crippen molar-refractivity contribution in [1.29, 1.82) is 0 Å². The maximum Gasteiger partial charge on any atom is 0.140 e. The number of ether oxygens (including phenoxy) is 2. The van der Waals surface area contributed by atoms with Crippen LogP contribution in [-0.2, 0) is 9.47 Å². The van der Waals surface area contributed by atoms with E-state index in [4.69, 9.17) is 9.47 Å². The van der Waals surface area contributed by atoms with Gasteiger partial charge in [0.2, 0.25) is 0 Å². The fraction of sp³-hybridized carbons (Fsp3) is 0.667. The number of aliphatic hydroxyl groups is 2. The van der Waals surface area contributed by atoms with Gasteiger partial charge in [-0.05, 0) is 37.8 Å². The first kappa shape index (κ1) is 21.5. The highest BCUT2D eigenvalue weighted by molar-refractivity contribution is 5.75. The first-order chi connectivity index (χ1) is 12.1. The lowest BCUT2D eigenvalue weighted by Crippen LogP contribution is -2.22. The summed E-state index contributed by atoms with van der Waals surface area (Å²) in [6.07, 6.45) is 1.81. The van der Waals surface area contributed by atoms with E-state index in [0.717, 1.165) is 12.8 Å². The van der Waals surface area contributed by atoms with Crippen LogP contribution in [0.4, 0.5) is 11.4 Å². The quantitative estimate of drug-likeness (QED) is 0.256. The topological polar surface area (TPSA) is 103 Å². The van der Waals surface area contributed by atoms with Crippen LogP contribution in [0.25, 0.3) is 0 Å². The Morgan fingerprint density at radius 2 is 1.48 bits per heavy atom. The van der Waals surface area contributed by atoms with Crippen LogP contribution in [0.2, 0.25) is 0 Å². The van der Waals surface area contributed by atoms with Crippen molar-refractivity contribution in [3.8, 4) is 5.75 Å². The van der Waals surface area contributed by atoms with Gasteiger partial charge in [0.25, 0.3) is 0 Å². The molecule has 0 aromatic heterocycles. The molecule has 7 heteroatoms. The van der Waals surface area contributed by atoms with Gasteiger partial charge in [-0.1, -0.05) is 6.07 Å². The Bertz CT molecular complexity index is 473. The van der Waals surface area contributed by atoms with Crippen LogP contribution in [0.1, 0.15) is 25.7 Å². The highest BCUT2D eigenvalue weighted by atomic mass is 16.5. The van der Waals surface area contributed by atoms with E-state index in [9.17, 15) is 15.3 Å². The number of rotatable bonds is 14. The second kappa shape index (κ2) is 12.8. The maximum absolute atomic E-state index is 10.1. The fourth-order valence-electron chi connectivity index (χ4n) is 2.45. The summed E-state index contributed by atoms with van der Waals surface area (Å²) >= 11 is 0. The molecule has 0 fully saturated rings. The van der Waals surface area contributed by atoms with Crippen LogP contribution in [0.15, 0.2) is 18.2 Å². The molecule has 0 saturated carbocycles. The average Bonchev–Trinajstić information content (AvgIpc) is 2.59. The third kappa shape index (κ3) is 8.92. The second-order valence-corrected chi connectivity index (χ2v) is 6.04. The van der Waals surface area contributed by atoms with Crippen LogP contribution in [0.3, 0.4) is 0 Å². The van der Waals surface area contributed by atoms with Gasteiger partial charge in [-0.25, -0.2) is 0 Å². The molecule has 1 rings (SSSR count). The third-order valence-electron chi connectivity index (χ3n) is 3.86. The van der Waals surface area contributed by atoms with E-state index in [-0.39, 0.29) is 5.75 Å². The largest absolute Gasteiger partial charge is 0.506 e. The molecule has 0 aliphatic carbocycles. The molecule has 2 atom stereocenters. The summed E-state index contributed by atoms with van der Waals surface area (Å²) in [5.41, 5.74) is 1.22. The second-order valence-electron chi connectivity index (χ2n) is 6.04. The Labute approximate surface area is 150 Å². The highest BCUT2D eigenvalue weighted by Gasteiger charge is 2.11. The summed E-state index contributed by atoms with van der Waals surface area (Å²) in [6, 6.07) is 5.14. The summed E-state index contributed by atoms with van der Waals surface area (Å²) in [7, 11) is 3.27. The lowest BCUT2D eigenvalue weighted by Gasteiger charge is -2.19. The Morgan fingerprint density at radius 1 is 0.920 bits per heavy atom. The SMILES string of the molecule is COCCCC(O)CNc1cccc(O)c1NCC(O)CCCOC. The van der Waals surface area contributed by atoms with Crippen molar-refractivity contribution in [2.45, 2.75) is 37.9 Å². The fourth-order valence-corrected chi connectivity index (χ4v) is 2.45. The summed E-state index contributed by atoms with van der Waals surface area (Å²) < 4.78 is 9.94. The molecule has 0 heterocycles. The highest BCUT2D eigenvalue weighted by Crippen LogP contribution is 2.31. The normalized spacial score (nSPS) is 13.4. The molecule has 1 aromatic rings. The molecular weight excluding hydrogens is 324 g/mol. The molecule has 5 N–H and O–H groups in total. The van der Waals surface area contributed by atoms with Crippen molar-refractivity contribution in [1.82, 2.24) is 0 Å². The van der Waals surface area contributed by atoms with Gasteiger partial charge in [-0.3, -0.25) is 0 Å². The van der Waals surface area contributed by atoms with Crippen LogP contribution in [-0.4, -0.2) is 68.1 Å². The van der Waals surface area contributed by atoms with Gasteiger partial charge in [0.15, 0.2) is 0 Å². The molecular formula is C18H32N2O5. The number of aliphatic hydroxyl groups excluding tert-OH is 2. The van der Waals surface area contributed by atoms with E-state index in [0.29, 0.717) is 50.5 Å². The van der Waals surface area contributed by atoms with E-state index in [2.05, 4.69) is 10.6 Å². The molecule has 0 radical (unpaired) electrons. The Morgan fingerprint density at radius 3 is 2.04 bits per heavy atom. The summed E-state index contributed by atoms with van der Waals surface area (Å²) in [5.74, 6) is 0.1000. The lowest BCUT2D eigenvalue weighted by molar-refractivity contribution is 0.142. The minimum Gasteiger partial charge on any atom is -0.506 e. The first-order valence-electron chi connectivity index (χ1n) is 8.72. The van der Waals surface area contributed by atoms with Gasteiger partial charge in [0, 0.05) is 40.5 Å². The van der Waals surface area contributed by atoms with Crippen molar-refractivity contribution in [2.24, 2.45) is 0 Å². The van der Waals surface area contributed by atoms with Gasteiger partial charge in [0.1, 0.15) is 11.4 Å². The minimum absolute atomic E-state index is 0.1000. The number of phenolic OH excluding ortho intramolecular Hbond substituents is 1. The van der Waals surface area contributed by atoms with E-state index >= 15 is 0 Å². The maximum atomic E-state index is 10.1. The molecule has 0 spiro atoms. The molecule has 0 aliphatic rings. The summed E-state index contributed by atoms with van der Waals surface area (Å²) in [5, 5.41) is 36.3. The van der Waals surface area contributed by atoms with Crippen LogP contribution in [0.5, 0.6) is 5.75 Å². The van der Waals surface area contributed by atoms with Crippen molar-refractivity contribution >= 4 is 11.4 Å². The molecule has 1 aromatic carbocycles. The summed E-state index contributed by atoms with van der Waals surface area (Å²) in [4.78, 5) is 0. The van der Waals surface area contributed by atoms with E-state index < -0.39 is 12.2 Å². The molecule has 2 unspecified atom stereocenters. The average molecular weight is 356 g/mol. The predicted octanol–water partition coefficient (Wildman–Crippen LogP) is 1.79. The standard InChI is InChI=1S/C18H32N2O5/c1-24-10-4-6-14(21)12-19-16-8-3-9-17(23)18(16)20-13-15(22)7-5-11-25-2/h3,8-9,14-15,19-23H,4-7,10-13H2,1-2H3. The molecule has 25 heavy (non-hydrogen) atoms. The van der Waals surface area contributed by atoms with Gasteiger partial charge < -0.3 is 35.4 Å². The van der Waals surface area contributed by atoms with Crippen LogP contribution < -0.4 is 10.6 Å². The van der Waals surface area contributed by atoms with Crippen LogP contribution >= 0.6 is 0 Å². The van der Waals surface area contributed by atoms with E-state index in [1.165, 1.54) is 0 Å². The smallest absolute Gasteiger partial charge is 0.140 e. The number of para-hydroxylation sites is 1. The molecule has 0 amide bonds. The number of methoxy groups -OCH3 is 2.